The summed E-state index contributed by atoms with van der Waals surface area (Å²) in [7, 11) is 0. The molecular formula is C17H20N2O3. The van der Waals surface area contributed by atoms with Gasteiger partial charge in [0.25, 0.3) is 0 Å². The standard InChI is InChI=1S/C17H20N2O3/c1-16(20)13-7-10-8-17(16,11-5-3-2-4-6-11)9-12(14(10)18-21)15(13)19-22/h2-6,10,12-13,20-22H,7-9H2,1H3/b18-14?,19-15-/t10?,12?,13?,16-,17?/m1/s1. The summed E-state index contributed by atoms with van der Waals surface area (Å²) in [5.74, 6) is -0.228. The van der Waals surface area contributed by atoms with Gasteiger partial charge in [-0.2, -0.15) is 0 Å². The van der Waals surface area contributed by atoms with Crippen LogP contribution in [-0.2, 0) is 5.41 Å². The summed E-state index contributed by atoms with van der Waals surface area (Å²) in [5.41, 5.74) is 1.05. The highest BCUT2D eigenvalue weighted by atomic mass is 16.4. The van der Waals surface area contributed by atoms with Crippen molar-refractivity contribution in [3.8, 4) is 0 Å². The molecule has 5 atom stereocenters. The van der Waals surface area contributed by atoms with E-state index in [0.29, 0.717) is 24.3 Å². The summed E-state index contributed by atoms with van der Waals surface area (Å²) in [6.07, 6.45) is 2.07. The molecule has 4 saturated carbocycles. The second-order valence-corrected chi connectivity index (χ2v) is 7.09. The topological polar surface area (TPSA) is 85.4 Å². The van der Waals surface area contributed by atoms with Gasteiger partial charge in [-0.15, -0.1) is 0 Å². The van der Waals surface area contributed by atoms with Crippen molar-refractivity contribution in [1.82, 2.24) is 0 Å². The Kier molecular flexibility index (Phi) is 2.70. The molecule has 0 spiro atoms. The number of nitrogens with zero attached hydrogens (tertiary/aromatic N) is 2. The Morgan fingerprint density at radius 2 is 1.73 bits per heavy atom. The predicted octanol–water partition coefficient (Wildman–Crippen LogP) is 2.40. The molecule has 0 aliphatic heterocycles. The third-order valence-corrected chi connectivity index (χ3v) is 6.36. The van der Waals surface area contributed by atoms with Gasteiger partial charge in [-0.3, -0.25) is 0 Å². The molecule has 3 N–H and O–H groups in total. The predicted molar refractivity (Wildman–Crippen MR) is 81.5 cm³/mol. The van der Waals surface area contributed by atoms with Crippen LogP contribution in [0.15, 0.2) is 40.6 Å². The van der Waals surface area contributed by atoms with Gasteiger partial charge in [0.15, 0.2) is 0 Å². The minimum Gasteiger partial charge on any atom is -0.411 e. The molecule has 0 saturated heterocycles. The fourth-order valence-electron chi connectivity index (χ4n) is 5.29. The molecule has 0 heterocycles. The van der Waals surface area contributed by atoms with E-state index in [1.807, 2.05) is 25.1 Å². The van der Waals surface area contributed by atoms with Gasteiger partial charge in [-0.05, 0) is 31.7 Å². The van der Waals surface area contributed by atoms with Crippen LogP contribution in [0.25, 0.3) is 0 Å². The van der Waals surface area contributed by atoms with Gasteiger partial charge in [0, 0.05) is 23.2 Å². The van der Waals surface area contributed by atoms with Crippen molar-refractivity contribution in [3.63, 3.8) is 0 Å². The van der Waals surface area contributed by atoms with Crippen LogP contribution >= 0.6 is 0 Å². The molecule has 116 valence electrons. The van der Waals surface area contributed by atoms with Crippen LogP contribution in [0.4, 0.5) is 0 Å². The van der Waals surface area contributed by atoms with Crippen LogP contribution < -0.4 is 0 Å². The Balaban J connectivity index is 1.92. The lowest BCUT2D eigenvalue weighted by Crippen LogP contribution is -2.71. The highest BCUT2D eigenvalue weighted by molar-refractivity contribution is 6.13. The lowest BCUT2D eigenvalue weighted by atomic mass is 9.41. The highest BCUT2D eigenvalue weighted by Crippen LogP contribution is 2.63. The summed E-state index contributed by atoms with van der Waals surface area (Å²) in [6, 6.07) is 10.1. The van der Waals surface area contributed by atoms with E-state index in [-0.39, 0.29) is 23.2 Å². The lowest BCUT2D eigenvalue weighted by Gasteiger charge is -2.64. The fraction of sp³-hybridized carbons (Fsp3) is 0.529. The molecule has 5 nitrogen and oxygen atoms in total. The maximum Gasteiger partial charge on any atom is 0.0798 e. The van der Waals surface area contributed by atoms with Crippen molar-refractivity contribution in [2.24, 2.45) is 28.1 Å². The first-order valence-corrected chi connectivity index (χ1v) is 7.76. The van der Waals surface area contributed by atoms with Crippen molar-refractivity contribution in [2.75, 3.05) is 0 Å². The molecule has 1 aromatic carbocycles. The van der Waals surface area contributed by atoms with E-state index >= 15 is 0 Å². The van der Waals surface area contributed by atoms with Crippen molar-refractivity contribution >= 4 is 11.4 Å². The lowest BCUT2D eigenvalue weighted by molar-refractivity contribution is -0.112. The van der Waals surface area contributed by atoms with Gasteiger partial charge < -0.3 is 15.5 Å². The summed E-state index contributed by atoms with van der Waals surface area (Å²) in [5, 5.41) is 37.2. The quantitative estimate of drug-likeness (QED) is 0.550. The molecular weight excluding hydrogens is 280 g/mol. The monoisotopic (exact) mass is 300 g/mol. The van der Waals surface area contributed by atoms with E-state index in [0.717, 1.165) is 12.0 Å². The Labute approximate surface area is 129 Å². The van der Waals surface area contributed by atoms with E-state index in [9.17, 15) is 15.5 Å². The summed E-state index contributed by atoms with van der Waals surface area (Å²) in [6.45, 7) is 1.86. The van der Waals surface area contributed by atoms with Crippen LogP contribution in [0, 0.1) is 17.8 Å². The van der Waals surface area contributed by atoms with Gasteiger partial charge in [0.2, 0.25) is 0 Å². The first-order valence-electron chi connectivity index (χ1n) is 7.76. The Hall–Kier alpha value is -1.88. The Bertz CT molecular complexity index is 668. The van der Waals surface area contributed by atoms with Gasteiger partial charge in [0.1, 0.15) is 0 Å². The molecule has 0 amide bonds. The van der Waals surface area contributed by atoms with Gasteiger partial charge in [-0.1, -0.05) is 40.6 Å². The van der Waals surface area contributed by atoms with Crippen LogP contribution in [0.1, 0.15) is 31.7 Å². The summed E-state index contributed by atoms with van der Waals surface area (Å²) >= 11 is 0. The van der Waals surface area contributed by atoms with E-state index in [1.165, 1.54) is 0 Å². The van der Waals surface area contributed by atoms with Gasteiger partial charge in [-0.25, -0.2) is 0 Å². The average Bonchev–Trinajstić information content (AvgIpc) is 2.52. The van der Waals surface area contributed by atoms with Gasteiger partial charge in [0.05, 0.1) is 17.0 Å². The zero-order valence-corrected chi connectivity index (χ0v) is 12.5. The summed E-state index contributed by atoms with van der Waals surface area (Å²) in [4.78, 5) is 0. The largest absolute Gasteiger partial charge is 0.411 e. The molecule has 4 bridgehead atoms. The first kappa shape index (κ1) is 13.8. The van der Waals surface area contributed by atoms with E-state index < -0.39 is 5.60 Å². The van der Waals surface area contributed by atoms with Crippen molar-refractivity contribution in [3.05, 3.63) is 35.9 Å². The molecule has 0 radical (unpaired) electrons. The van der Waals surface area contributed by atoms with Crippen molar-refractivity contribution in [2.45, 2.75) is 37.2 Å². The summed E-state index contributed by atoms with van der Waals surface area (Å²) < 4.78 is 0. The number of rotatable bonds is 1. The number of hydrogen-bond donors (Lipinski definition) is 3. The molecule has 22 heavy (non-hydrogen) atoms. The average molecular weight is 300 g/mol. The minimum atomic E-state index is -0.968. The zero-order valence-electron chi connectivity index (χ0n) is 12.5. The number of hydrogen-bond acceptors (Lipinski definition) is 5. The van der Waals surface area contributed by atoms with Crippen LogP contribution in [0.5, 0.6) is 0 Å². The number of oxime groups is 2. The smallest absolute Gasteiger partial charge is 0.0798 e. The molecule has 4 aliphatic rings. The normalized spacial score (nSPS) is 46.5. The van der Waals surface area contributed by atoms with Crippen molar-refractivity contribution in [1.29, 1.82) is 0 Å². The van der Waals surface area contributed by atoms with Crippen LogP contribution in [0.2, 0.25) is 0 Å². The first-order chi connectivity index (χ1) is 10.5. The molecule has 5 rings (SSSR count). The molecule has 4 unspecified atom stereocenters. The fourth-order valence-corrected chi connectivity index (χ4v) is 5.29. The van der Waals surface area contributed by atoms with E-state index in [4.69, 9.17) is 0 Å². The molecule has 4 aliphatic carbocycles. The maximum absolute atomic E-state index is 11.4. The molecule has 4 fully saturated rings. The van der Waals surface area contributed by atoms with Gasteiger partial charge >= 0.3 is 0 Å². The Morgan fingerprint density at radius 3 is 2.36 bits per heavy atom. The van der Waals surface area contributed by atoms with Crippen molar-refractivity contribution < 1.29 is 15.5 Å². The Morgan fingerprint density at radius 1 is 1.05 bits per heavy atom. The highest BCUT2D eigenvalue weighted by Gasteiger charge is 2.68. The number of benzene rings is 1. The molecule has 0 aromatic heterocycles. The van der Waals surface area contributed by atoms with Crippen LogP contribution in [0.3, 0.4) is 0 Å². The third-order valence-electron chi connectivity index (χ3n) is 6.36. The minimum absolute atomic E-state index is 0.139. The molecule has 5 heteroatoms. The maximum atomic E-state index is 11.4. The van der Waals surface area contributed by atoms with Crippen LogP contribution in [-0.4, -0.2) is 32.5 Å². The van der Waals surface area contributed by atoms with E-state index in [1.54, 1.807) is 0 Å². The SMILES string of the molecule is C[C@@]1(O)C2CC3CC1(c1ccccc1)CC(C3=NO)/C2=N/O. The molecule has 1 aromatic rings. The zero-order chi connectivity index (χ0) is 15.5. The second-order valence-electron chi connectivity index (χ2n) is 7.09. The third kappa shape index (κ3) is 1.42. The number of aliphatic hydroxyl groups is 1. The second kappa shape index (κ2) is 4.32. The van der Waals surface area contributed by atoms with E-state index in [2.05, 4.69) is 22.4 Å².